The third kappa shape index (κ3) is 2.10. The number of imidazole rings is 1. The predicted molar refractivity (Wildman–Crippen MR) is 69.5 cm³/mol. The van der Waals surface area contributed by atoms with E-state index in [1.54, 1.807) is 10.9 Å². The van der Waals surface area contributed by atoms with Gasteiger partial charge in [0.2, 0.25) is 0 Å². The number of aromatic nitrogens is 4. The Bertz CT molecular complexity index is 617. The van der Waals surface area contributed by atoms with Crippen molar-refractivity contribution >= 4 is 17.0 Å². The molecule has 0 aliphatic carbocycles. The fourth-order valence-electron chi connectivity index (χ4n) is 2.33. The molecular weight excluding hydrogens is 264 g/mol. The number of hydrogen-bond acceptors (Lipinski definition) is 8. The molecule has 3 rings (SSSR count). The van der Waals surface area contributed by atoms with Crippen LogP contribution < -0.4 is 11.5 Å². The zero-order valence-corrected chi connectivity index (χ0v) is 10.6. The summed E-state index contributed by atoms with van der Waals surface area (Å²) in [7, 11) is 0. The Hall–Kier alpha value is -1.81. The monoisotopic (exact) mass is 280 g/mol. The Morgan fingerprint density at radius 3 is 2.90 bits per heavy atom. The van der Waals surface area contributed by atoms with Crippen LogP contribution in [-0.4, -0.2) is 60.7 Å². The number of rotatable bonds is 2. The first-order valence-electron chi connectivity index (χ1n) is 6.22. The van der Waals surface area contributed by atoms with Crippen molar-refractivity contribution in [1.82, 2.24) is 19.5 Å². The van der Waals surface area contributed by atoms with E-state index in [-0.39, 0.29) is 13.2 Å². The van der Waals surface area contributed by atoms with Gasteiger partial charge in [0.15, 0.2) is 11.5 Å². The van der Waals surface area contributed by atoms with Crippen molar-refractivity contribution in [2.75, 3.05) is 12.3 Å². The van der Waals surface area contributed by atoms with Crippen molar-refractivity contribution in [3.05, 3.63) is 12.7 Å². The van der Waals surface area contributed by atoms with Gasteiger partial charge in [-0.25, -0.2) is 15.0 Å². The lowest BCUT2D eigenvalue weighted by atomic mass is 9.99. The normalized spacial score (nSPS) is 30.8. The first-order valence-corrected chi connectivity index (χ1v) is 6.22. The average molecular weight is 280 g/mol. The zero-order valence-electron chi connectivity index (χ0n) is 10.6. The lowest BCUT2D eigenvalue weighted by molar-refractivity contribution is -0.148. The van der Waals surface area contributed by atoms with Gasteiger partial charge in [-0.3, -0.25) is 0 Å². The number of ether oxygens (including phenoxy) is 1. The van der Waals surface area contributed by atoms with Gasteiger partial charge in [-0.1, -0.05) is 0 Å². The lowest BCUT2D eigenvalue weighted by Crippen LogP contribution is -2.57. The van der Waals surface area contributed by atoms with Gasteiger partial charge in [0.25, 0.3) is 0 Å². The van der Waals surface area contributed by atoms with Gasteiger partial charge in [-0.15, -0.1) is 0 Å². The molecule has 3 heterocycles. The molecule has 0 amide bonds. The molecule has 2 aromatic rings. The minimum atomic E-state index is -1.07. The van der Waals surface area contributed by atoms with Crippen LogP contribution in [0.3, 0.4) is 0 Å². The second kappa shape index (κ2) is 4.94. The molecule has 6 N–H and O–H groups in total. The second-order valence-electron chi connectivity index (χ2n) is 4.84. The topological polar surface area (TPSA) is 145 Å². The number of nitrogens with zero attached hydrogens (tertiary/aromatic N) is 4. The maximum Gasteiger partial charge on any atom is 0.182 e. The highest BCUT2D eigenvalue weighted by Gasteiger charge is 2.36. The smallest absolute Gasteiger partial charge is 0.182 e. The van der Waals surface area contributed by atoms with Gasteiger partial charge in [-0.05, 0) is 0 Å². The largest absolute Gasteiger partial charge is 0.389 e. The van der Waals surface area contributed by atoms with Crippen LogP contribution in [0.1, 0.15) is 0 Å². The molecule has 9 heteroatoms. The highest BCUT2D eigenvalue weighted by Crippen LogP contribution is 2.20. The summed E-state index contributed by atoms with van der Waals surface area (Å²) in [4.78, 5) is 12.0. The van der Waals surface area contributed by atoms with Crippen LogP contribution >= 0.6 is 0 Å². The molecule has 4 atom stereocenters. The number of anilines is 1. The van der Waals surface area contributed by atoms with Gasteiger partial charge in [0.05, 0.1) is 31.6 Å². The van der Waals surface area contributed by atoms with Crippen LogP contribution in [0.25, 0.3) is 11.2 Å². The molecule has 2 aromatic heterocycles. The average Bonchev–Trinajstić information content (AvgIpc) is 2.84. The summed E-state index contributed by atoms with van der Waals surface area (Å²) in [6, 6.07) is -0.589. The first-order chi connectivity index (χ1) is 9.58. The molecule has 1 aliphatic heterocycles. The van der Waals surface area contributed by atoms with E-state index in [2.05, 4.69) is 15.0 Å². The van der Waals surface area contributed by atoms with Gasteiger partial charge in [0.1, 0.15) is 24.1 Å². The predicted octanol–water partition coefficient (Wildman–Crippen LogP) is -2.14. The van der Waals surface area contributed by atoms with Crippen LogP contribution in [0, 0.1) is 0 Å². The molecule has 0 unspecified atom stereocenters. The minimum Gasteiger partial charge on any atom is -0.389 e. The molecule has 0 radical (unpaired) electrons. The van der Waals surface area contributed by atoms with E-state index >= 15 is 0 Å². The zero-order chi connectivity index (χ0) is 14.3. The van der Waals surface area contributed by atoms with E-state index in [9.17, 15) is 10.2 Å². The summed E-state index contributed by atoms with van der Waals surface area (Å²) >= 11 is 0. The van der Waals surface area contributed by atoms with Crippen molar-refractivity contribution in [1.29, 1.82) is 0 Å². The van der Waals surface area contributed by atoms with Crippen LogP contribution in [0.2, 0.25) is 0 Å². The number of fused-ring (bicyclic) bond motifs is 1. The third-order valence-electron chi connectivity index (χ3n) is 3.49. The van der Waals surface area contributed by atoms with Crippen LogP contribution in [0.15, 0.2) is 12.7 Å². The molecule has 20 heavy (non-hydrogen) atoms. The molecule has 0 saturated carbocycles. The summed E-state index contributed by atoms with van der Waals surface area (Å²) in [6.45, 7) is 0.459. The van der Waals surface area contributed by atoms with E-state index < -0.39 is 24.4 Å². The van der Waals surface area contributed by atoms with E-state index in [1.807, 2.05) is 0 Å². The van der Waals surface area contributed by atoms with Crippen molar-refractivity contribution in [2.24, 2.45) is 5.73 Å². The Morgan fingerprint density at radius 1 is 1.30 bits per heavy atom. The van der Waals surface area contributed by atoms with Crippen LogP contribution in [0.4, 0.5) is 5.82 Å². The van der Waals surface area contributed by atoms with E-state index in [4.69, 9.17) is 16.2 Å². The van der Waals surface area contributed by atoms with Crippen LogP contribution in [-0.2, 0) is 11.3 Å². The number of aliphatic hydroxyl groups is 2. The molecular formula is C11H16N6O3. The molecule has 108 valence electrons. The molecule has 1 aliphatic rings. The SMILES string of the molecule is Nc1ncnc2ncn(C[C@H]3OC[C@@H](N)[C@H](O)[C@@H]3O)c12. The molecule has 1 fully saturated rings. The Labute approximate surface area is 114 Å². The minimum absolute atomic E-state index is 0.182. The number of nitrogen functional groups attached to an aromatic ring is 1. The fraction of sp³-hybridized carbons (Fsp3) is 0.545. The van der Waals surface area contributed by atoms with E-state index in [0.29, 0.717) is 17.0 Å². The summed E-state index contributed by atoms with van der Waals surface area (Å²) < 4.78 is 7.17. The van der Waals surface area contributed by atoms with Gasteiger partial charge in [-0.2, -0.15) is 0 Å². The van der Waals surface area contributed by atoms with E-state index in [1.165, 1.54) is 6.33 Å². The highest BCUT2D eigenvalue weighted by molar-refractivity contribution is 5.81. The number of nitrogens with two attached hydrogens (primary N) is 2. The molecule has 0 spiro atoms. The van der Waals surface area contributed by atoms with Crippen molar-refractivity contribution < 1.29 is 14.9 Å². The lowest BCUT2D eigenvalue weighted by Gasteiger charge is -2.36. The van der Waals surface area contributed by atoms with Gasteiger partial charge in [0, 0.05) is 0 Å². The summed E-state index contributed by atoms with van der Waals surface area (Å²) in [5.41, 5.74) is 12.5. The quantitative estimate of drug-likeness (QED) is 0.487. The summed E-state index contributed by atoms with van der Waals surface area (Å²) in [5.74, 6) is 0.301. The molecule has 9 nitrogen and oxygen atoms in total. The first kappa shape index (κ1) is 13.2. The second-order valence-corrected chi connectivity index (χ2v) is 4.84. The maximum absolute atomic E-state index is 10.00. The standard InChI is InChI=1S/C11H16N6O3/c12-5-2-20-6(9(19)8(5)18)1-17-4-16-11-7(17)10(13)14-3-15-11/h3-6,8-9,18-19H,1-2,12H2,(H2,13,14,15)/t5-,6-,8+,9-/m1/s1. The van der Waals surface area contributed by atoms with Gasteiger partial charge >= 0.3 is 0 Å². The summed E-state index contributed by atoms with van der Waals surface area (Å²) in [6.07, 6.45) is 0.206. The van der Waals surface area contributed by atoms with Crippen molar-refractivity contribution in [2.45, 2.75) is 30.9 Å². The third-order valence-corrected chi connectivity index (χ3v) is 3.49. The number of hydrogen-bond donors (Lipinski definition) is 4. The molecule has 0 aromatic carbocycles. The highest BCUT2D eigenvalue weighted by atomic mass is 16.5. The number of aliphatic hydroxyl groups excluding tert-OH is 2. The van der Waals surface area contributed by atoms with Crippen molar-refractivity contribution in [3.8, 4) is 0 Å². The van der Waals surface area contributed by atoms with Crippen molar-refractivity contribution in [3.63, 3.8) is 0 Å². The Balaban J connectivity index is 1.86. The van der Waals surface area contributed by atoms with Crippen LogP contribution in [0.5, 0.6) is 0 Å². The Morgan fingerprint density at radius 2 is 2.10 bits per heavy atom. The van der Waals surface area contributed by atoms with Gasteiger partial charge < -0.3 is 31.0 Å². The molecule has 0 bridgehead atoms. The fourth-order valence-corrected chi connectivity index (χ4v) is 2.33. The molecule has 1 saturated heterocycles. The maximum atomic E-state index is 10.00. The Kier molecular flexibility index (Phi) is 3.26. The van der Waals surface area contributed by atoms with E-state index in [0.717, 1.165) is 0 Å². The summed E-state index contributed by atoms with van der Waals surface area (Å²) in [5, 5.41) is 19.8.